The van der Waals surface area contributed by atoms with E-state index < -0.39 is 20.9 Å². The van der Waals surface area contributed by atoms with Crippen molar-refractivity contribution < 1.29 is 22.7 Å². The molecule has 0 saturated carbocycles. The maximum atomic E-state index is 12.9. The van der Waals surface area contributed by atoms with Crippen LogP contribution in [0.3, 0.4) is 0 Å². The molecule has 1 aromatic heterocycles. The first-order chi connectivity index (χ1) is 12.4. The Bertz CT molecular complexity index is 835. The summed E-state index contributed by atoms with van der Waals surface area (Å²) in [5.41, 5.74) is -0.632. The molecule has 10 heteroatoms. The molecule has 1 spiro atoms. The van der Waals surface area contributed by atoms with E-state index in [1.54, 1.807) is 23.1 Å². The fourth-order valence-electron chi connectivity index (χ4n) is 4.19. The molecule has 0 N–H and O–H groups in total. The predicted octanol–water partition coefficient (Wildman–Crippen LogP) is 0.379. The number of carbonyl (C=O) groups is 1. The topological polar surface area (TPSA) is 89.0 Å². The number of rotatable bonds is 4. The zero-order chi connectivity index (χ0) is 18.5. The lowest BCUT2D eigenvalue weighted by atomic mass is 9.99. The van der Waals surface area contributed by atoms with Gasteiger partial charge >= 0.3 is 0 Å². The molecule has 3 atom stereocenters. The summed E-state index contributed by atoms with van der Waals surface area (Å²) in [4.78, 5) is 18.6. The van der Waals surface area contributed by atoms with Gasteiger partial charge in [0.05, 0.1) is 19.3 Å². The number of nitrogens with zero attached hydrogens (tertiary/aromatic N) is 3. The summed E-state index contributed by atoms with van der Waals surface area (Å²) in [6, 6.07) is 4.88. The molecule has 26 heavy (non-hydrogen) atoms. The van der Waals surface area contributed by atoms with E-state index in [-0.39, 0.29) is 42.5 Å². The van der Waals surface area contributed by atoms with E-state index in [9.17, 15) is 13.2 Å². The van der Waals surface area contributed by atoms with E-state index in [1.807, 2.05) is 0 Å². The Morgan fingerprint density at radius 3 is 3.00 bits per heavy atom. The maximum Gasteiger partial charge on any atom is 0.272 e. The number of hydrogen-bond acceptors (Lipinski definition) is 6. The number of aromatic nitrogens is 1. The van der Waals surface area contributed by atoms with E-state index in [4.69, 9.17) is 21.1 Å². The summed E-state index contributed by atoms with van der Waals surface area (Å²) in [5.74, 6) is -0.256. The zero-order valence-electron chi connectivity index (χ0n) is 14.3. The Hall–Kier alpha value is -1.26. The molecular weight excluding hydrogens is 382 g/mol. The summed E-state index contributed by atoms with van der Waals surface area (Å²) >= 11 is 5.89. The lowest BCUT2D eigenvalue weighted by molar-refractivity contribution is -0.0982. The number of hydrogen-bond donors (Lipinski definition) is 0. The van der Waals surface area contributed by atoms with Gasteiger partial charge in [0.25, 0.3) is 5.91 Å². The van der Waals surface area contributed by atoms with Crippen molar-refractivity contribution in [2.75, 3.05) is 39.9 Å². The minimum absolute atomic E-state index is 0.226. The molecule has 0 aromatic carbocycles. The molecule has 3 aliphatic rings. The van der Waals surface area contributed by atoms with Crippen LogP contribution in [0.15, 0.2) is 18.2 Å². The van der Waals surface area contributed by atoms with Crippen molar-refractivity contribution in [2.45, 2.75) is 23.4 Å². The third kappa shape index (κ3) is 2.82. The highest BCUT2D eigenvalue weighted by Gasteiger charge is 2.65. The Labute approximate surface area is 157 Å². The van der Waals surface area contributed by atoms with Gasteiger partial charge in [-0.25, -0.2) is 13.4 Å². The van der Waals surface area contributed by atoms with Gasteiger partial charge in [-0.1, -0.05) is 17.7 Å². The predicted molar refractivity (Wildman–Crippen MR) is 93.5 cm³/mol. The third-order valence-corrected chi connectivity index (χ3v) is 7.86. The van der Waals surface area contributed by atoms with Gasteiger partial charge in [0.15, 0.2) is 0 Å². The second-order valence-corrected chi connectivity index (χ2v) is 9.43. The summed E-state index contributed by atoms with van der Waals surface area (Å²) in [7, 11) is -1.93. The molecule has 4 heterocycles. The molecule has 1 aromatic rings. The van der Waals surface area contributed by atoms with Crippen LogP contribution in [0.5, 0.6) is 0 Å². The van der Waals surface area contributed by atoms with Crippen molar-refractivity contribution in [2.24, 2.45) is 0 Å². The lowest BCUT2D eigenvalue weighted by Gasteiger charge is -2.39. The molecule has 0 aliphatic carbocycles. The van der Waals surface area contributed by atoms with Gasteiger partial charge in [0.1, 0.15) is 21.7 Å². The Balaban J connectivity index is 1.59. The van der Waals surface area contributed by atoms with Crippen LogP contribution in [0, 0.1) is 0 Å². The van der Waals surface area contributed by atoms with Crippen molar-refractivity contribution >= 4 is 27.5 Å². The molecule has 4 rings (SSSR count). The average Bonchev–Trinajstić information content (AvgIpc) is 2.98. The van der Waals surface area contributed by atoms with Crippen LogP contribution in [0.2, 0.25) is 5.15 Å². The van der Waals surface area contributed by atoms with Crippen LogP contribution >= 0.6 is 11.6 Å². The van der Waals surface area contributed by atoms with E-state index in [0.29, 0.717) is 19.6 Å². The lowest BCUT2D eigenvalue weighted by Crippen LogP contribution is -2.56. The number of fused-ring (bicyclic) bond motifs is 1. The van der Waals surface area contributed by atoms with Crippen molar-refractivity contribution in [3.05, 3.63) is 29.0 Å². The summed E-state index contributed by atoms with van der Waals surface area (Å²) in [6.45, 7) is 1.44. The Kier molecular flexibility index (Phi) is 4.47. The highest BCUT2D eigenvalue weighted by Crippen LogP contribution is 2.46. The molecule has 1 amide bonds. The zero-order valence-corrected chi connectivity index (χ0v) is 15.9. The van der Waals surface area contributed by atoms with Crippen LogP contribution in [0.25, 0.3) is 0 Å². The van der Waals surface area contributed by atoms with E-state index >= 15 is 0 Å². The van der Waals surface area contributed by atoms with Crippen molar-refractivity contribution in [3.8, 4) is 0 Å². The van der Waals surface area contributed by atoms with Crippen molar-refractivity contribution in [1.82, 2.24) is 14.2 Å². The monoisotopic (exact) mass is 401 g/mol. The number of ether oxygens (including phenoxy) is 2. The number of likely N-dealkylation sites (tertiary alicyclic amines) is 1. The second-order valence-electron chi connectivity index (χ2n) is 6.93. The molecule has 8 nitrogen and oxygen atoms in total. The molecular formula is C16H20ClN3O5S. The number of pyridine rings is 1. The molecule has 142 valence electrons. The van der Waals surface area contributed by atoms with Crippen LogP contribution < -0.4 is 0 Å². The molecule has 2 bridgehead atoms. The number of amides is 1. The highest BCUT2D eigenvalue weighted by atomic mass is 35.5. The molecule has 0 radical (unpaired) electrons. The van der Waals surface area contributed by atoms with Crippen LogP contribution in [-0.4, -0.2) is 85.4 Å². The van der Waals surface area contributed by atoms with E-state index in [1.165, 1.54) is 11.4 Å². The van der Waals surface area contributed by atoms with Gasteiger partial charge in [0, 0.05) is 26.7 Å². The molecule has 1 unspecified atom stereocenters. The fourth-order valence-corrected chi connectivity index (χ4v) is 6.64. The van der Waals surface area contributed by atoms with Crippen LogP contribution in [-0.2, 0) is 19.5 Å². The SMILES string of the molecule is COCCN1CC23CN(C(=O)c4cccc(Cl)n4)C[C@@H](C[C@@H]2S1(=O)=O)O3. The first-order valence-electron chi connectivity index (χ1n) is 8.43. The normalized spacial score (nSPS) is 32.6. The van der Waals surface area contributed by atoms with Gasteiger partial charge in [0.2, 0.25) is 10.0 Å². The van der Waals surface area contributed by atoms with Crippen LogP contribution in [0.1, 0.15) is 16.9 Å². The molecule has 3 saturated heterocycles. The quantitative estimate of drug-likeness (QED) is 0.677. The minimum atomic E-state index is -3.47. The first kappa shape index (κ1) is 18.1. The number of carbonyl (C=O) groups excluding carboxylic acids is 1. The van der Waals surface area contributed by atoms with Gasteiger partial charge < -0.3 is 14.4 Å². The van der Waals surface area contributed by atoms with E-state index in [2.05, 4.69) is 4.98 Å². The Morgan fingerprint density at radius 2 is 2.27 bits per heavy atom. The van der Waals surface area contributed by atoms with Gasteiger partial charge in [-0.2, -0.15) is 4.31 Å². The molecule has 3 aliphatic heterocycles. The van der Waals surface area contributed by atoms with Crippen molar-refractivity contribution in [1.29, 1.82) is 0 Å². The number of halogens is 1. The van der Waals surface area contributed by atoms with Gasteiger partial charge in [-0.05, 0) is 18.6 Å². The summed E-state index contributed by atoms with van der Waals surface area (Å²) < 4.78 is 38.3. The van der Waals surface area contributed by atoms with Gasteiger partial charge in [-0.15, -0.1) is 0 Å². The van der Waals surface area contributed by atoms with Gasteiger partial charge in [-0.3, -0.25) is 4.79 Å². The average molecular weight is 402 g/mol. The molecule has 3 fully saturated rings. The fraction of sp³-hybridized carbons (Fsp3) is 0.625. The minimum Gasteiger partial charge on any atom is -0.383 e. The largest absolute Gasteiger partial charge is 0.383 e. The smallest absolute Gasteiger partial charge is 0.272 e. The summed E-state index contributed by atoms with van der Waals surface area (Å²) in [6.07, 6.45) is 0.120. The number of morpholine rings is 1. The standard InChI is InChI=1S/C16H20ClN3O5S/c1-24-6-5-20-10-16-9-19(15(21)12-3-2-4-14(17)18-12)8-11(25-16)7-13(16)26(20,22)23/h2-4,11,13H,5-10H2,1H3/t11-,13+,16?/m1/s1. The second kappa shape index (κ2) is 6.42. The van der Waals surface area contributed by atoms with Crippen molar-refractivity contribution in [3.63, 3.8) is 0 Å². The third-order valence-electron chi connectivity index (χ3n) is 5.28. The number of methoxy groups -OCH3 is 1. The number of sulfonamides is 1. The first-order valence-corrected chi connectivity index (χ1v) is 10.3. The maximum absolute atomic E-state index is 12.9. The Morgan fingerprint density at radius 1 is 1.46 bits per heavy atom. The highest BCUT2D eigenvalue weighted by molar-refractivity contribution is 7.90. The van der Waals surface area contributed by atoms with Crippen LogP contribution in [0.4, 0.5) is 0 Å². The van der Waals surface area contributed by atoms with E-state index in [0.717, 1.165) is 0 Å². The summed E-state index contributed by atoms with van der Waals surface area (Å²) in [5, 5.41) is -0.376.